The molecule has 2 aliphatic heterocycles. The van der Waals surface area contributed by atoms with Crippen LogP contribution in [0.2, 0.25) is 5.02 Å². The van der Waals surface area contributed by atoms with Crippen LogP contribution in [0.4, 0.5) is 4.39 Å². The molecule has 7 aromatic rings. The van der Waals surface area contributed by atoms with Crippen molar-refractivity contribution in [1.82, 2.24) is 45.1 Å². The van der Waals surface area contributed by atoms with E-state index in [9.17, 15) is 14.4 Å². The Bertz CT molecular complexity index is 3250. The quantitative estimate of drug-likeness (QED) is 0.109. The molecule has 1 saturated heterocycles. The van der Waals surface area contributed by atoms with Gasteiger partial charge in [0.15, 0.2) is 5.82 Å². The Hall–Kier alpha value is -6.56. The van der Waals surface area contributed by atoms with Crippen LogP contribution in [0, 0.1) is 45.3 Å². The molecule has 14 nitrogen and oxygen atoms in total. The summed E-state index contributed by atoms with van der Waals surface area (Å²) in [5, 5.41) is 21.5. The molecule has 0 bridgehead atoms. The number of thiophene rings is 1. The van der Waals surface area contributed by atoms with Gasteiger partial charge >= 0.3 is 0 Å². The van der Waals surface area contributed by atoms with Crippen LogP contribution in [0.3, 0.4) is 0 Å². The summed E-state index contributed by atoms with van der Waals surface area (Å²) in [4.78, 5) is 55.9. The van der Waals surface area contributed by atoms with Crippen molar-refractivity contribution in [1.29, 1.82) is 0 Å². The monoisotopic (exact) mass is 1040 g/mol. The highest BCUT2D eigenvalue weighted by atomic mass is 35.5. The number of carbonyl (C=O) groups excluding carboxylic acids is 3. The third-order valence-electron chi connectivity index (χ3n) is 14.3. The molecule has 73 heavy (non-hydrogen) atoms. The van der Waals surface area contributed by atoms with Crippen molar-refractivity contribution < 1.29 is 23.5 Å². The minimum Gasteiger partial charge on any atom is -0.490 e. The van der Waals surface area contributed by atoms with E-state index < -0.39 is 23.9 Å². The second kappa shape index (κ2) is 20.4. The number of nitrogens with zero attached hydrogens (tertiary/aromatic N) is 8. The summed E-state index contributed by atoms with van der Waals surface area (Å²) in [7, 11) is 0. The number of benzene rings is 3. The number of rotatable bonds is 14. The molecule has 378 valence electrons. The van der Waals surface area contributed by atoms with Gasteiger partial charge in [0.05, 0.1) is 40.5 Å². The second-order valence-corrected chi connectivity index (χ2v) is 22.6. The first-order valence-corrected chi connectivity index (χ1v) is 26.9. The molecule has 0 unspecified atom stereocenters. The Morgan fingerprint density at radius 3 is 2.37 bits per heavy atom. The summed E-state index contributed by atoms with van der Waals surface area (Å²) in [5.74, 6) is 0.594. The van der Waals surface area contributed by atoms with Crippen LogP contribution in [0.25, 0.3) is 26.6 Å². The molecule has 0 spiro atoms. The van der Waals surface area contributed by atoms with Gasteiger partial charge in [0.25, 0.3) is 0 Å². The van der Waals surface area contributed by atoms with E-state index in [4.69, 9.17) is 21.3 Å². The number of aliphatic imine (C=N–C) groups is 1. The van der Waals surface area contributed by atoms with Gasteiger partial charge in [0, 0.05) is 64.3 Å². The lowest BCUT2D eigenvalue weighted by atomic mass is 9.89. The number of thiazole rings is 1. The van der Waals surface area contributed by atoms with Gasteiger partial charge in [-0.3, -0.25) is 28.6 Å². The summed E-state index contributed by atoms with van der Waals surface area (Å²) < 4.78 is 25.3. The van der Waals surface area contributed by atoms with Crippen molar-refractivity contribution in [2.24, 2.45) is 16.8 Å². The fourth-order valence-corrected chi connectivity index (χ4v) is 12.5. The Morgan fingerprint density at radius 1 is 0.918 bits per heavy atom. The predicted molar refractivity (Wildman–Crippen MR) is 283 cm³/mol. The van der Waals surface area contributed by atoms with Gasteiger partial charge < -0.3 is 20.3 Å². The smallest absolute Gasteiger partial charge is 0.248 e. The highest BCUT2D eigenvalue weighted by Gasteiger charge is 2.42. The number of aryl methyl sites for hydroxylation is 3. The standard InChI is InChI=1S/C55H58ClFN10O4S2/c1-28(2)50(54(70)65-25-29(3)17-46(65)53(69)60-31(5)35-9-11-37(12-10-35)51-32(6)58-27-72-51)66-26-39(24-59-66)38-18-41(57)20-43(19-38)71-44-21-42(22-44)61-47(68)23-45-52-64-63-34(8)67(52)55-48(30(4)33(7)73-55)49(62-45)36-13-15-40(56)16-14-36/h9-16,18-20,24,26-29,31,42,44-46,50H,17,21-23,25H2,1-8H3,(H,60,69)(H,61,68)/t29-,31+,42?,44?,45+,46+,50-/m1/s1. The van der Waals surface area contributed by atoms with Crippen LogP contribution in [0.5, 0.6) is 5.75 Å². The minimum absolute atomic E-state index is 0.0611. The molecule has 2 N–H and O–H groups in total. The molecule has 3 amide bonds. The van der Waals surface area contributed by atoms with Crippen molar-refractivity contribution in [3.63, 3.8) is 0 Å². The molecule has 1 saturated carbocycles. The van der Waals surface area contributed by atoms with Crippen molar-refractivity contribution in [3.8, 4) is 32.3 Å². The molecule has 3 aliphatic rings. The first-order valence-electron chi connectivity index (χ1n) is 24.8. The zero-order valence-corrected chi connectivity index (χ0v) is 44.4. The van der Waals surface area contributed by atoms with E-state index >= 15 is 4.39 Å². The first-order chi connectivity index (χ1) is 35.0. The molecule has 2 fully saturated rings. The molecule has 18 heteroatoms. The molecule has 3 aromatic carbocycles. The lowest BCUT2D eigenvalue weighted by Gasteiger charge is -2.36. The number of halogens is 2. The molecule has 0 radical (unpaired) electrons. The van der Waals surface area contributed by atoms with Gasteiger partial charge in [-0.1, -0.05) is 68.8 Å². The zero-order chi connectivity index (χ0) is 51.4. The topological polar surface area (TPSA) is 162 Å². The van der Waals surface area contributed by atoms with Crippen molar-refractivity contribution >= 4 is 57.7 Å². The lowest BCUT2D eigenvalue weighted by molar-refractivity contribution is -0.142. The summed E-state index contributed by atoms with van der Waals surface area (Å²) in [6.45, 7) is 16.5. The Labute approximate surface area is 437 Å². The first kappa shape index (κ1) is 50.0. The molecule has 4 aromatic heterocycles. The third kappa shape index (κ3) is 10.1. The number of nitrogens with one attached hydrogen (secondary N) is 2. The fourth-order valence-electron chi connectivity index (χ4n) is 10.3. The normalized spacial score (nSPS) is 20.1. The van der Waals surface area contributed by atoms with Crippen LogP contribution in [-0.4, -0.2) is 82.6 Å². The minimum atomic E-state index is -0.703. The van der Waals surface area contributed by atoms with Gasteiger partial charge in [0.2, 0.25) is 17.7 Å². The van der Waals surface area contributed by atoms with Gasteiger partial charge in [-0.25, -0.2) is 9.37 Å². The van der Waals surface area contributed by atoms with Crippen molar-refractivity contribution in [3.05, 3.63) is 140 Å². The lowest BCUT2D eigenvalue weighted by Crippen LogP contribution is -2.49. The van der Waals surface area contributed by atoms with Gasteiger partial charge in [-0.05, 0) is 99.4 Å². The van der Waals surface area contributed by atoms with Crippen LogP contribution < -0.4 is 15.4 Å². The summed E-state index contributed by atoms with van der Waals surface area (Å²) in [5.41, 5.74) is 9.81. The number of fused-ring (bicyclic) bond motifs is 3. The van der Waals surface area contributed by atoms with E-state index in [0.717, 1.165) is 54.0 Å². The highest BCUT2D eigenvalue weighted by molar-refractivity contribution is 7.15. The van der Waals surface area contributed by atoms with E-state index in [-0.39, 0.29) is 54.2 Å². The number of likely N-dealkylation sites (tertiary alicyclic amines) is 1. The van der Waals surface area contributed by atoms with E-state index in [1.165, 1.54) is 12.1 Å². The van der Waals surface area contributed by atoms with Gasteiger partial charge in [-0.2, -0.15) is 5.10 Å². The summed E-state index contributed by atoms with van der Waals surface area (Å²) in [6.07, 6.45) is 4.82. The van der Waals surface area contributed by atoms with Crippen molar-refractivity contribution in [2.75, 3.05) is 6.54 Å². The number of hydrogen-bond acceptors (Lipinski definition) is 11. The Balaban J connectivity index is 0.774. The maximum absolute atomic E-state index is 15.3. The SMILES string of the molecule is Cc1ncsc1-c1ccc([C@H](C)NC(=O)[C@@H]2C[C@@H](C)CN2C(=O)[C@@H](C(C)C)n2cc(-c3cc(F)cc(OC4CC(NC(=O)C[C@@H]5N=C(c6ccc(Cl)cc6)c6c(sc(C)c6C)-n6c(C)nnc65)C4)c3)cn2)cc1. The van der Waals surface area contributed by atoms with Crippen LogP contribution in [-0.2, 0) is 14.4 Å². The van der Waals surface area contributed by atoms with E-state index in [0.29, 0.717) is 59.4 Å². The molecule has 10 rings (SSSR count). The average molecular weight is 1040 g/mol. The maximum Gasteiger partial charge on any atom is 0.248 e. The number of ether oxygens (including phenoxy) is 1. The van der Waals surface area contributed by atoms with Gasteiger partial charge in [-0.15, -0.1) is 32.9 Å². The van der Waals surface area contributed by atoms with Crippen LogP contribution in [0.15, 0.2) is 89.6 Å². The third-order valence-corrected chi connectivity index (χ3v) is 16.8. The Kier molecular flexibility index (Phi) is 14.0. The largest absolute Gasteiger partial charge is 0.490 e. The molecular weight excluding hydrogens is 983 g/mol. The van der Waals surface area contributed by atoms with E-state index in [2.05, 4.69) is 51.7 Å². The average Bonchev–Trinajstić information content (AvgIpc) is 4.19. The number of hydrogen-bond donors (Lipinski definition) is 2. The highest BCUT2D eigenvalue weighted by Crippen LogP contribution is 2.41. The fraction of sp³-hybridized carbons (Fsp3) is 0.382. The zero-order valence-electron chi connectivity index (χ0n) is 42.0. The molecule has 6 heterocycles. The van der Waals surface area contributed by atoms with Crippen LogP contribution >= 0.6 is 34.3 Å². The number of aromatic nitrogens is 6. The van der Waals surface area contributed by atoms with E-state index in [1.54, 1.807) is 50.7 Å². The number of amides is 3. The summed E-state index contributed by atoms with van der Waals surface area (Å²) in [6, 6.07) is 17.9. The van der Waals surface area contributed by atoms with Crippen molar-refractivity contribution in [2.45, 2.75) is 117 Å². The van der Waals surface area contributed by atoms with Gasteiger partial charge in [0.1, 0.15) is 46.6 Å². The molecule has 5 atom stereocenters. The second-order valence-electron chi connectivity index (χ2n) is 20.1. The number of carbonyl (C=O) groups is 3. The Morgan fingerprint density at radius 2 is 1.66 bits per heavy atom. The van der Waals surface area contributed by atoms with E-state index in [1.807, 2.05) is 93.2 Å². The summed E-state index contributed by atoms with van der Waals surface area (Å²) >= 11 is 9.54. The maximum atomic E-state index is 15.3. The molecular formula is C55H58ClFN10O4S2. The molecule has 1 aliphatic carbocycles. The predicted octanol–water partition coefficient (Wildman–Crippen LogP) is 10.7. The van der Waals surface area contributed by atoms with Crippen LogP contribution in [0.1, 0.15) is 116 Å².